The Labute approximate surface area is 57.6 Å². The van der Waals surface area contributed by atoms with Crippen LogP contribution < -0.4 is 0 Å². The highest BCUT2D eigenvalue weighted by atomic mass is 127. The molecule has 0 aliphatic carbocycles. The average molecular weight is 212 g/mol. The number of rotatable bonds is 1. The normalized spacial score (nSPS) is 40.3. The fraction of sp³-hybridized carbons (Fsp3) is 1.00. The Morgan fingerprint density at radius 2 is 2.43 bits per heavy atom. The van der Waals surface area contributed by atoms with E-state index in [1.54, 1.807) is 0 Å². The van der Waals surface area contributed by atoms with Crippen LogP contribution in [-0.4, -0.2) is 10.2 Å². The van der Waals surface area contributed by atoms with Gasteiger partial charge in [-0.1, -0.05) is 29.5 Å². The zero-order valence-corrected chi connectivity index (χ0v) is 6.51. The Morgan fingerprint density at radius 1 is 1.86 bits per heavy atom. The lowest BCUT2D eigenvalue weighted by atomic mass is 10.1. The first-order chi connectivity index (χ1) is 3.33. The second kappa shape index (κ2) is 2.31. The van der Waals surface area contributed by atoms with Crippen LogP contribution >= 0.6 is 22.6 Å². The molecule has 1 aliphatic heterocycles. The number of hydrogen-bond acceptors (Lipinski definition) is 1. The van der Waals surface area contributed by atoms with Gasteiger partial charge in [-0.3, -0.25) is 0 Å². The van der Waals surface area contributed by atoms with Crippen molar-refractivity contribution in [3.05, 3.63) is 0 Å². The van der Waals surface area contributed by atoms with E-state index in [-0.39, 0.29) is 0 Å². The van der Waals surface area contributed by atoms with Crippen molar-refractivity contribution in [3.8, 4) is 0 Å². The van der Waals surface area contributed by atoms with Crippen LogP contribution in [0.2, 0.25) is 0 Å². The minimum atomic E-state index is 0.516. The van der Waals surface area contributed by atoms with Crippen LogP contribution in [0.25, 0.3) is 0 Å². The maximum absolute atomic E-state index is 5.27. The molecular weight excluding hydrogens is 203 g/mol. The van der Waals surface area contributed by atoms with Crippen molar-refractivity contribution in [1.29, 1.82) is 0 Å². The number of halogens is 1. The van der Waals surface area contributed by atoms with Crippen molar-refractivity contribution in [2.24, 2.45) is 0 Å². The first kappa shape index (κ1) is 5.82. The Bertz CT molecular complexity index is 59.1. The quantitative estimate of drug-likeness (QED) is 0.476. The summed E-state index contributed by atoms with van der Waals surface area (Å²) < 4.78 is 5.79. The molecule has 0 amide bonds. The summed E-state index contributed by atoms with van der Waals surface area (Å²) in [7, 11) is 0. The number of ether oxygens (including phenoxy) is 1. The first-order valence-electron chi connectivity index (χ1n) is 2.62. The zero-order valence-electron chi connectivity index (χ0n) is 4.36. The molecule has 0 spiro atoms. The summed E-state index contributed by atoms with van der Waals surface area (Å²) in [5.41, 5.74) is 0. The molecule has 1 nitrogen and oxygen atoms in total. The van der Waals surface area contributed by atoms with Crippen molar-refractivity contribution in [1.82, 2.24) is 0 Å². The molecule has 0 aromatic carbocycles. The molecule has 1 aliphatic rings. The molecule has 1 saturated heterocycles. The fourth-order valence-electron chi connectivity index (χ4n) is 0.667. The standard InChI is InChI=1S/C5H9IO/c1-2-4-3-5(6)7-4/h4-5H,2-3H2,1H3. The molecule has 0 aromatic heterocycles. The molecule has 2 unspecified atom stereocenters. The van der Waals surface area contributed by atoms with E-state index in [4.69, 9.17) is 4.74 Å². The summed E-state index contributed by atoms with van der Waals surface area (Å²) in [6, 6.07) is 0. The molecule has 0 bridgehead atoms. The van der Waals surface area contributed by atoms with E-state index < -0.39 is 0 Å². The van der Waals surface area contributed by atoms with E-state index >= 15 is 0 Å². The largest absolute Gasteiger partial charge is 0.364 e. The van der Waals surface area contributed by atoms with Crippen molar-refractivity contribution in [2.75, 3.05) is 0 Å². The van der Waals surface area contributed by atoms with Gasteiger partial charge in [0.25, 0.3) is 0 Å². The summed E-state index contributed by atoms with van der Waals surface area (Å²) >= 11 is 2.31. The second-order valence-electron chi connectivity index (χ2n) is 1.81. The molecule has 2 heteroatoms. The number of hydrogen-bond donors (Lipinski definition) is 0. The van der Waals surface area contributed by atoms with E-state index in [1.807, 2.05) is 0 Å². The summed E-state index contributed by atoms with van der Waals surface area (Å²) in [4.78, 5) is 0. The van der Waals surface area contributed by atoms with Gasteiger partial charge in [0.15, 0.2) is 0 Å². The Hall–Kier alpha value is 0.690. The van der Waals surface area contributed by atoms with Gasteiger partial charge in [0.05, 0.1) is 6.10 Å². The summed E-state index contributed by atoms with van der Waals surface area (Å²) in [6.07, 6.45) is 3.03. The topological polar surface area (TPSA) is 9.23 Å². The molecule has 7 heavy (non-hydrogen) atoms. The minimum Gasteiger partial charge on any atom is -0.364 e. The molecule has 42 valence electrons. The van der Waals surface area contributed by atoms with Crippen molar-refractivity contribution in [3.63, 3.8) is 0 Å². The minimum absolute atomic E-state index is 0.516. The van der Waals surface area contributed by atoms with Crippen molar-refractivity contribution < 1.29 is 4.74 Å². The third-order valence-corrected chi connectivity index (χ3v) is 2.05. The van der Waals surface area contributed by atoms with Crippen LogP contribution in [0.3, 0.4) is 0 Å². The molecular formula is C5H9IO. The van der Waals surface area contributed by atoms with E-state index in [2.05, 4.69) is 29.5 Å². The van der Waals surface area contributed by atoms with E-state index in [0.29, 0.717) is 10.2 Å². The predicted molar refractivity (Wildman–Crippen MR) is 37.6 cm³/mol. The highest BCUT2D eigenvalue weighted by Gasteiger charge is 2.24. The van der Waals surface area contributed by atoms with Gasteiger partial charge in [-0.15, -0.1) is 0 Å². The van der Waals surface area contributed by atoms with Gasteiger partial charge < -0.3 is 4.74 Å². The predicted octanol–water partition coefficient (Wildman–Crippen LogP) is 1.95. The Balaban J connectivity index is 2.06. The van der Waals surface area contributed by atoms with E-state index in [9.17, 15) is 0 Å². The molecule has 1 rings (SSSR count). The molecule has 0 aromatic rings. The van der Waals surface area contributed by atoms with Gasteiger partial charge in [0.2, 0.25) is 0 Å². The first-order valence-corrected chi connectivity index (χ1v) is 3.87. The molecule has 0 N–H and O–H groups in total. The molecule has 0 saturated carbocycles. The third-order valence-electron chi connectivity index (χ3n) is 1.24. The smallest absolute Gasteiger partial charge is 0.111 e. The average Bonchev–Trinajstić information content (AvgIpc) is 1.58. The van der Waals surface area contributed by atoms with Crippen LogP contribution in [0.15, 0.2) is 0 Å². The van der Waals surface area contributed by atoms with Crippen LogP contribution in [0.1, 0.15) is 19.8 Å². The van der Waals surface area contributed by atoms with Crippen LogP contribution in [0.5, 0.6) is 0 Å². The van der Waals surface area contributed by atoms with E-state index in [1.165, 1.54) is 12.8 Å². The Morgan fingerprint density at radius 3 is 2.57 bits per heavy atom. The lowest BCUT2D eigenvalue weighted by Gasteiger charge is -2.30. The van der Waals surface area contributed by atoms with Crippen LogP contribution in [0.4, 0.5) is 0 Å². The van der Waals surface area contributed by atoms with E-state index in [0.717, 1.165) is 0 Å². The van der Waals surface area contributed by atoms with Crippen LogP contribution in [0, 0.1) is 0 Å². The van der Waals surface area contributed by atoms with Gasteiger partial charge >= 0.3 is 0 Å². The molecule has 1 fully saturated rings. The molecule has 1 heterocycles. The fourth-order valence-corrected chi connectivity index (χ4v) is 1.65. The molecule has 0 radical (unpaired) electrons. The van der Waals surface area contributed by atoms with Gasteiger partial charge in [-0.25, -0.2) is 0 Å². The van der Waals surface area contributed by atoms with Crippen molar-refractivity contribution >= 4 is 22.6 Å². The highest BCUT2D eigenvalue weighted by molar-refractivity contribution is 14.1. The van der Waals surface area contributed by atoms with Gasteiger partial charge in [-0.05, 0) is 6.42 Å². The second-order valence-corrected chi connectivity index (χ2v) is 3.20. The van der Waals surface area contributed by atoms with Crippen LogP contribution in [-0.2, 0) is 4.74 Å². The summed E-state index contributed by atoms with van der Waals surface area (Å²) in [5.74, 6) is 0. The maximum Gasteiger partial charge on any atom is 0.111 e. The van der Waals surface area contributed by atoms with Gasteiger partial charge in [0.1, 0.15) is 4.11 Å². The molecule has 2 atom stereocenters. The van der Waals surface area contributed by atoms with Gasteiger partial charge in [-0.2, -0.15) is 0 Å². The Kier molecular flexibility index (Phi) is 1.92. The highest BCUT2D eigenvalue weighted by Crippen LogP contribution is 2.27. The lowest BCUT2D eigenvalue weighted by molar-refractivity contribution is -0.0646. The monoisotopic (exact) mass is 212 g/mol. The van der Waals surface area contributed by atoms with Crippen molar-refractivity contribution in [2.45, 2.75) is 30.0 Å². The maximum atomic E-state index is 5.27. The van der Waals surface area contributed by atoms with Gasteiger partial charge in [0, 0.05) is 6.42 Å². The zero-order chi connectivity index (χ0) is 5.28. The summed E-state index contributed by atoms with van der Waals surface area (Å²) in [6.45, 7) is 2.16. The SMILES string of the molecule is CCC1CC(I)O1. The number of alkyl halides is 1. The third kappa shape index (κ3) is 1.29. The lowest BCUT2D eigenvalue weighted by Crippen LogP contribution is -2.31. The summed E-state index contributed by atoms with van der Waals surface area (Å²) in [5, 5.41) is 0.